The van der Waals surface area contributed by atoms with Gasteiger partial charge in [-0.1, -0.05) is 54.2 Å². The molecule has 31 heavy (non-hydrogen) atoms. The number of allylic oxidation sites excluding steroid dienone is 2. The van der Waals surface area contributed by atoms with Crippen LogP contribution in [0.1, 0.15) is 36.4 Å². The number of thioether (sulfide) groups is 1. The molecule has 0 bridgehead atoms. The monoisotopic (exact) mass is 433 g/mol. The number of carbonyl (C=O) groups is 1. The van der Waals surface area contributed by atoms with Gasteiger partial charge in [0.1, 0.15) is 6.04 Å². The number of fused-ring (bicyclic) bond motifs is 1. The van der Waals surface area contributed by atoms with Crippen LogP contribution in [-0.2, 0) is 10.5 Å². The van der Waals surface area contributed by atoms with E-state index in [1.165, 1.54) is 17.8 Å². The van der Waals surface area contributed by atoms with Crippen LogP contribution in [0.2, 0.25) is 0 Å². The van der Waals surface area contributed by atoms with Gasteiger partial charge in [0.2, 0.25) is 11.1 Å². The van der Waals surface area contributed by atoms with Gasteiger partial charge in [-0.3, -0.25) is 14.9 Å². The van der Waals surface area contributed by atoms with Crippen molar-refractivity contribution < 1.29 is 9.72 Å². The number of hydrogen-bond donors (Lipinski definition) is 1. The molecule has 156 valence electrons. The summed E-state index contributed by atoms with van der Waals surface area (Å²) in [7, 11) is 0. The first-order valence-electron chi connectivity index (χ1n) is 10.0. The summed E-state index contributed by atoms with van der Waals surface area (Å²) in [5, 5.41) is 20.2. The van der Waals surface area contributed by atoms with Crippen molar-refractivity contribution in [2.24, 2.45) is 0 Å². The fourth-order valence-electron chi connectivity index (χ4n) is 4.09. The maximum absolute atomic E-state index is 12.9. The maximum Gasteiger partial charge on any atom is 0.275 e. The fourth-order valence-corrected chi connectivity index (χ4v) is 4.88. The molecule has 0 radical (unpaired) electrons. The van der Waals surface area contributed by atoms with E-state index in [9.17, 15) is 14.9 Å². The Morgan fingerprint density at radius 3 is 2.71 bits per heavy atom. The molecule has 2 heterocycles. The highest BCUT2D eigenvalue weighted by atomic mass is 32.2. The van der Waals surface area contributed by atoms with Gasteiger partial charge in [0.15, 0.2) is 5.78 Å². The first-order valence-corrected chi connectivity index (χ1v) is 11.0. The van der Waals surface area contributed by atoms with E-state index in [-0.39, 0.29) is 11.5 Å². The van der Waals surface area contributed by atoms with Gasteiger partial charge in [-0.2, -0.15) is 4.98 Å². The number of rotatable bonds is 5. The van der Waals surface area contributed by atoms with Crippen molar-refractivity contribution in [1.82, 2.24) is 14.8 Å². The van der Waals surface area contributed by atoms with E-state index in [0.29, 0.717) is 40.8 Å². The average Bonchev–Trinajstić information content (AvgIpc) is 3.19. The molecule has 0 spiro atoms. The second-order valence-corrected chi connectivity index (χ2v) is 8.39. The van der Waals surface area contributed by atoms with Crippen molar-refractivity contribution in [3.05, 3.63) is 87.1 Å². The van der Waals surface area contributed by atoms with E-state index >= 15 is 0 Å². The molecule has 1 atom stereocenters. The molecule has 2 aromatic carbocycles. The number of benzene rings is 2. The number of nitrogens with zero attached hydrogens (tertiary/aromatic N) is 4. The van der Waals surface area contributed by atoms with Gasteiger partial charge in [0, 0.05) is 29.5 Å². The molecule has 1 aliphatic heterocycles. The molecule has 9 heteroatoms. The van der Waals surface area contributed by atoms with Crippen molar-refractivity contribution >= 4 is 29.2 Å². The smallest absolute Gasteiger partial charge is 0.275 e. The minimum atomic E-state index is -0.667. The predicted molar refractivity (Wildman–Crippen MR) is 117 cm³/mol. The van der Waals surface area contributed by atoms with E-state index in [1.807, 2.05) is 30.3 Å². The number of para-hydroxylation sites is 1. The molecule has 1 N–H and O–H groups in total. The zero-order valence-electron chi connectivity index (χ0n) is 16.5. The quantitative estimate of drug-likeness (QED) is 0.359. The molecular weight excluding hydrogens is 414 g/mol. The number of hydrogen-bond acceptors (Lipinski definition) is 7. The van der Waals surface area contributed by atoms with Crippen LogP contribution in [0, 0.1) is 10.1 Å². The molecule has 0 fully saturated rings. The minimum absolute atomic E-state index is 0.00320. The average molecular weight is 433 g/mol. The third kappa shape index (κ3) is 3.61. The lowest BCUT2D eigenvalue weighted by Gasteiger charge is -2.31. The molecule has 0 amide bonds. The zero-order chi connectivity index (χ0) is 21.4. The Bertz CT molecular complexity index is 1200. The minimum Gasteiger partial charge on any atom is -0.328 e. The Labute approximate surface area is 182 Å². The molecule has 8 nitrogen and oxygen atoms in total. The number of aromatic nitrogens is 3. The third-order valence-electron chi connectivity index (χ3n) is 5.49. The van der Waals surface area contributed by atoms with Crippen molar-refractivity contribution in [1.29, 1.82) is 0 Å². The van der Waals surface area contributed by atoms with Crippen LogP contribution in [0.5, 0.6) is 0 Å². The first-order chi connectivity index (χ1) is 15.1. The summed E-state index contributed by atoms with van der Waals surface area (Å²) in [6.45, 7) is 0. The molecule has 1 unspecified atom stereocenters. The normalized spacial score (nSPS) is 17.7. The Balaban J connectivity index is 1.57. The summed E-state index contributed by atoms with van der Waals surface area (Å²) in [5.74, 6) is 1.20. The predicted octanol–water partition coefficient (Wildman–Crippen LogP) is 4.50. The molecule has 1 aliphatic carbocycles. The highest BCUT2D eigenvalue weighted by Crippen LogP contribution is 2.43. The number of nitrogens with one attached hydrogen (secondary N) is 1. The van der Waals surface area contributed by atoms with E-state index in [4.69, 9.17) is 0 Å². The Morgan fingerprint density at radius 1 is 1.13 bits per heavy atom. The summed E-state index contributed by atoms with van der Waals surface area (Å²) >= 11 is 1.49. The van der Waals surface area contributed by atoms with Crippen molar-refractivity contribution in [3.63, 3.8) is 0 Å². The van der Waals surface area contributed by atoms with Gasteiger partial charge in [0.05, 0.1) is 10.5 Å². The third-order valence-corrected chi connectivity index (χ3v) is 6.40. The Hall–Kier alpha value is -3.46. The van der Waals surface area contributed by atoms with Gasteiger partial charge in [-0.25, -0.2) is 4.68 Å². The lowest BCUT2D eigenvalue weighted by molar-refractivity contribution is -0.385. The summed E-state index contributed by atoms with van der Waals surface area (Å²) < 4.78 is 1.62. The Kier molecular flexibility index (Phi) is 5.03. The number of Topliss-reactive ketones (excluding diaryl/α,β-unsaturated/α-hetero) is 1. The van der Waals surface area contributed by atoms with Crippen LogP contribution < -0.4 is 5.32 Å². The van der Waals surface area contributed by atoms with Crippen LogP contribution in [0.4, 0.5) is 11.6 Å². The van der Waals surface area contributed by atoms with E-state index < -0.39 is 11.0 Å². The lowest BCUT2D eigenvalue weighted by Crippen LogP contribution is -2.31. The fraction of sp³-hybridized carbons (Fsp3) is 0.227. The van der Waals surface area contributed by atoms with Crippen LogP contribution in [0.3, 0.4) is 0 Å². The molecule has 0 saturated heterocycles. The van der Waals surface area contributed by atoms with E-state index in [1.54, 1.807) is 22.9 Å². The SMILES string of the molecule is O=C1CCCC2=C1C(c1ccccc1[N+](=O)[O-])n1nc(SCc3ccccc3)nc1N2. The molecule has 0 saturated carbocycles. The second-order valence-electron chi connectivity index (χ2n) is 7.45. The van der Waals surface area contributed by atoms with Gasteiger partial charge in [-0.05, 0) is 24.5 Å². The lowest BCUT2D eigenvalue weighted by atomic mass is 9.85. The zero-order valence-corrected chi connectivity index (χ0v) is 17.3. The summed E-state index contributed by atoms with van der Waals surface area (Å²) in [5.41, 5.74) is 2.91. The van der Waals surface area contributed by atoms with Gasteiger partial charge >= 0.3 is 0 Å². The number of nitro benzene ring substituents is 1. The van der Waals surface area contributed by atoms with Crippen molar-refractivity contribution in [2.45, 2.75) is 36.2 Å². The van der Waals surface area contributed by atoms with Crippen LogP contribution >= 0.6 is 11.8 Å². The number of ketones is 1. The highest BCUT2D eigenvalue weighted by molar-refractivity contribution is 7.98. The van der Waals surface area contributed by atoms with Crippen LogP contribution in [-0.4, -0.2) is 25.5 Å². The summed E-state index contributed by atoms with van der Waals surface area (Å²) in [6.07, 6.45) is 1.88. The number of nitro groups is 1. The highest BCUT2D eigenvalue weighted by Gasteiger charge is 2.39. The summed E-state index contributed by atoms with van der Waals surface area (Å²) in [6, 6.07) is 15.9. The summed E-state index contributed by atoms with van der Waals surface area (Å²) in [4.78, 5) is 28.8. The molecule has 2 aliphatic rings. The molecule has 5 rings (SSSR count). The van der Waals surface area contributed by atoms with E-state index in [0.717, 1.165) is 17.7 Å². The molecule has 3 aromatic rings. The van der Waals surface area contributed by atoms with Gasteiger partial charge in [0.25, 0.3) is 5.69 Å². The van der Waals surface area contributed by atoms with Crippen molar-refractivity contribution in [3.8, 4) is 0 Å². The van der Waals surface area contributed by atoms with E-state index in [2.05, 4.69) is 15.4 Å². The van der Waals surface area contributed by atoms with Gasteiger partial charge < -0.3 is 5.32 Å². The topological polar surface area (TPSA) is 103 Å². The van der Waals surface area contributed by atoms with Gasteiger partial charge in [-0.15, -0.1) is 5.10 Å². The Morgan fingerprint density at radius 2 is 1.90 bits per heavy atom. The molecular formula is C22H19N5O3S. The molecule has 1 aromatic heterocycles. The second kappa shape index (κ2) is 7.99. The maximum atomic E-state index is 12.9. The number of anilines is 1. The number of carbonyl (C=O) groups excluding carboxylic acids is 1. The standard InChI is InChI=1S/C22H19N5O3S/c28-18-12-6-10-16-19(18)20(15-9-4-5-11-17(15)27(29)30)26-21(23-16)24-22(25-26)31-13-14-7-2-1-3-8-14/h1-5,7-9,11,20H,6,10,12-13H2,(H,23,24,25). The largest absolute Gasteiger partial charge is 0.328 e. The van der Waals surface area contributed by atoms with Crippen molar-refractivity contribution in [2.75, 3.05) is 5.32 Å². The van der Waals surface area contributed by atoms with Crippen LogP contribution in [0.15, 0.2) is 71.0 Å². The first kappa shape index (κ1) is 19.5. The van der Waals surface area contributed by atoms with Crippen LogP contribution in [0.25, 0.3) is 0 Å².